The first kappa shape index (κ1) is 16.0. The monoisotopic (exact) mass is 326 g/mol. The predicted molar refractivity (Wildman–Crippen MR) is 88.3 cm³/mol. The first-order chi connectivity index (χ1) is 11.5. The topological polar surface area (TPSA) is 95.1 Å². The summed E-state index contributed by atoms with van der Waals surface area (Å²) in [5.74, 6) is -1.14. The number of nitrogens with zero attached hydrogens (tertiary/aromatic N) is 2. The minimum Gasteiger partial charge on any atom is -0.504 e. The standard InChI is InChI=1S/C18H18N2O4/c1-11-15(18(23)24)20-10-9-13(16(22)17(20)19-11)7-8-14(21)12-5-3-2-4-6-12/h2-6,9-10,14,21-22H,7-8H2,1H3,(H,23,24). The largest absolute Gasteiger partial charge is 0.504 e. The van der Waals surface area contributed by atoms with Gasteiger partial charge in [0.2, 0.25) is 0 Å². The van der Waals surface area contributed by atoms with Crippen molar-refractivity contribution in [2.24, 2.45) is 0 Å². The highest BCUT2D eigenvalue weighted by Crippen LogP contribution is 2.28. The Hall–Kier alpha value is -2.86. The molecular weight excluding hydrogens is 308 g/mol. The SMILES string of the molecule is Cc1nc2c(O)c(CCC(O)c3ccccc3)ccn2c1C(=O)O. The van der Waals surface area contributed by atoms with Crippen molar-refractivity contribution in [3.63, 3.8) is 0 Å². The van der Waals surface area contributed by atoms with Crippen LogP contribution in [-0.2, 0) is 6.42 Å². The number of aromatic carboxylic acids is 1. The van der Waals surface area contributed by atoms with Gasteiger partial charge in [-0.2, -0.15) is 0 Å². The van der Waals surface area contributed by atoms with Crippen molar-refractivity contribution in [2.45, 2.75) is 25.9 Å². The number of benzene rings is 1. The number of carboxylic acids is 1. The van der Waals surface area contributed by atoms with Crippen LogP contribution in [0.3, 0.4) is 0 Å². The quantitative estimate of drug-likeness (QED) is 0.670. The van der Waals surface area contributed by atoms with Gasteiger partial charge in [-0.1, -0.05) is 30.3 Å². The Bertz CT molecular complexity index is 887. The van der Waals surface area contributed by atoms with E-state index >= 15 is 0 Å². The molecule has 0 amide bonds. The van der Waals surface area contributed by atoms with Crippen LogP contribution < -0.4 is 0 Å². The summed E-state index contributed by atoms with van der Waals surface area (Å²) in [6.45, 7) is 1.59. The molecule has 0 fully saturated rings. The van der Waals surface area contributed by atoms with Gasteiger partial charge in [-0.05, 0) is 37.0 Å². The van der Waals surface area contributed by atoms with E-state index in [1.165, 1.54) is 4.40 Å². The van der Waals surface area contributed by atoms with Gasteiger partial charge in [-0.15, -0.1) is 0 Å². The van der Waals surface area contributed by atoms with Crippen LogP contribution >= 0.6 is 0 Å². The third-order valence-electron chi connectivity index (χ3n) is 4.10. The van der Waals surface area contributed by atoms with Gasteiger partial charge in [0.1, 0.15) is 0 Å². The summed E-state index contributed by atoms with van der Waals surface area (Å²) in [6.07, 6.45) is 1.85. The van der Waals surface area contributed by atoms with Crippen LogP contribution in [0.4, 0.5) is 0 Å². The lowest BCUT2D eigenvalue weighted by Crippen LogP contribution is -2.04. The van der Waals surface area contributed by atoms with E-state index in [9.17, 15) is 20.1 Å². The molecule has 0 aliphatic rings. The predicted octanol–water partition coefficient (Wildman–Crippen LogP) is 2.71. The number of hydrogen-bond donors (Lipinski definition) is 3. The molecule has 0 spiro atoms. The number of aliphatic hydroxyl groups excluding tert-OH is 1. The van der Waals surface area contributed by atoms with Gasteiger partial charge in [0, 0.05) is 6.20 Å². The van der Waals surface area contributed by atoms with Crippen molar-refractivity contribution in [3.05, 3.63) is 65.1 Å². The molecule has 3 rings (SSSR count). The fourth-order valence-electron chi connectivity index (χ4n) is 2.84. The van der Waals surface area contributed by atoms with E-state index in [1.807, 2.05) is 30.3 Å². The van der Waals surface area contributed by atoms with Crippen molar-refractivity contribution in [3.8, 4) is 5.75 Å². The summed E-state index contributed by atoms with van der Waals surface area (Å²) < 4.78 is 1.37. The maximum atomic E-state index is 11.3. The smallest absolute Gasteiger partial charge is 0.354 e. The molecule has 1 aromatic carbocycles. The fraction of sp³-hybridized carbons (Fsp3) is 0.222. The van der Waals surface area contributed by atoms with Crippen molar-refractivity contribution in [1.82, 2.24) is 9.38 Å². The zero-order valence-electron chi connectivity index (χ0n) is 13.2. The fourth-order valence-corrected chi connectivity index (χ4v) is 2.84. The molecule has 3 N–H and O–H groups in total. The van der Waals surface area contributed by atoms with Gasteiger partial charge < -0.3 is 15.3 Å². The Kier molecular flexibility index (Phi) is 4.22. The lowest BCUT2D eigenvalue weighted by atomic mass is 10.0. The highest BCUT2D eigenvalue weighted by atomic mass is 16.4. The maximum absolute atomic E-state index is 11.3. The number of pyridine rings is 1. The van der Waals surface area contributed by atoms with E-state index < -0.39 is 12.1 Å². The van der Waals surface area contributed by atoms with E-state index in [1.54, 1.807) is 19.2 Å². The molecule has 0 aliphatic carbocycles. The van der Waals surface area contributed by atoms with Gasteiger partial charge in [0.05, 0.1) is 11.8 Å². The molecule has 0 bridgehead atoms. The molecule has 6 heteroatoms. The van der Waals surface area contributed by atoms with E-state index in [2.05, 4.69) is 4.98 Å². The Morgan fingerprint density at radius 2 is 1.96 bits per heavy atom. The summed E-state index contributed by atoms with van der Waals surface area (Å²) in [6, 6.07) is 11.0. The number of carboxylic acid groups (broad SMARTS) is 1. The highest BCUT2D eigenvalue weighted by Gasteiger charge is 2.19. The number of hydrogen-bond acceptors (Lipinski definition) is 4. The molecule has 1 unspecified atom stereocenters. The van der Waals surface area contributed by atoms with Crippen molar-refractivity contribution in [1.29, 1.82) is 0 Å². The van der Waals surface area contributed by atoms with E-state index in [4.69, 9.17) is 0 Å². The van der Waals surface area contributed by atoms with Gasteiger partial charge in [-0.25, -0.2) is 9.78 Å². The number of aliphatic hydroxyl groups is 1. The number of imidazole rings is 1. The second-order valence-corrected chi connectivity index (χ2v) is 5.70. The molecule has 1 atom stereocenters. The Labute approximate surface area is 138 Å². The molecule has 0 aliphatic heterocycles. The first-order valence-electron chi connectivity index (χ1n) is 7.65. The molecule has 0 saturated carbocycles. The minimum absolute atomic E-state index is 0.0381. The van der Waals surface area contributed by atoms with Crippen molar-refractivity contribution >= 4 is 11.6 Å². The van der Waals surface area contributed by atoms with Crippen LogP contribution in [0.1, 0.15) is 39.8 Å². The molecule has 2 heterocycles. The van der Waals surface area contributed by atoms with Crippen molar-refractivity contribution in [2.75, 3.05) is 0 Å². The normalized spacial score (nSPS) is 12.4. The Balaban J connectivity index is 1.86. The average Bonchev–Trinajstić information content (AvgIpc) is 2.92. The minimum atomic E-state index is -1.09. The van der Waals surface area contributed by atoms with Gasteiger partial charge in [0.25, 0.3) is 0 Å². The lowest BCUT2D eigenvalue weighted by Gasteiger charge is -2.12. The molecular formula is C18H18N2O4. The second-order valence-electron chi connectivity index (χ2n) is 5.70. The highest BCUT2D eigenvalue weighted by molar-refractivity contribution is 5.88. The molecule has 124 valence electrons. The number of fused-ring (bicyclic) bond motifs is 1. The molecule has 0 saturated heterocycles. The van der Waals surface area contributed by atoms with Crippen LogP contribution in [0.15, 0.2) is 42.6 Å². The summed E-state index contributed by atoms with van der Waals surface area (Å²) in [5.41, 5.74) is 2.05. The summed E-state index contributed by atoms with van der Waals surface area (Å²) in [5, 5.41) is 29.9. The third kappa shape index (κ3) is 2.83. The van der Waals surface area contributed by atoms with Gasteiger partial charge in [-0.3, -0.25) is 4.40 Å². The zero-order chi connectivity index (χ0) is 17.3. The van der Waals surface area contributed by atoms with Gasteiger partial charge in [0.15, 0.2) is 17.1 Å². The molecule has 0 radical (unpaired) electrons. The van der Waals surface area contributed by atoms with Gasteiger partial charge >= 0.3 is 5.97 Å². The van der Waals surface area contributed by atoms with Crippen LogP contribution in [-0.4, -0.2) is 30.7 Å². The van der Waals surface area contributed by atoms with Crippen LogP contribution in [0.2, 0.25) is 0 Å². The summed E-state index contributed by atoms with van der Waals surface area (Å²) in [7, 11) is 0. The Morgan fingerprint density at radius 1 is 1.25 bits per heavy atom. The summed E-state index contributed by atoms with van der Waals surface area (Å²) >= 11 is 0. The second kappa shape index (κ2) is 6.33. The van der Waals surface area contributed by atoms with Crippen LogP contribution in [0, 0.1) is 6.92 Å². The molecule has 3 aromatic rings. The first-order valence-corrected chi connectivity index (χ1v) is 7.65. The maximum Gasteiger partial charge on any atom is 0.354 e. The van der Waals surface area contributed by atoms with Crippen molar-refractivity contribution < 1.29 is 20.1 Å². The van der Waals surface area contributed by atoms with Crippen LogP contribution in [0.5, 0.6) is 5.75 Å². The Morgan fingerprint density at radius 3 is 2.62 bits per heavy atom. The van der Waals surface area contributed by atoms with E-state index in [0.29, 0.717) is 24.1 Å². The van der Waals surface area contributed by atoms with E-state index in [0.717, 1.165) is 5.56 Å². The number of rotatable bonds is 5. The van der Waals surface area contributed by atoms with E-state index in [-0.39, 0.29) is 17.1 Å². The molecule has 2 aromatic heterocycles. The number of aryl methyl sites for hydroxylation is 2. The third-order valence-corrected chi connectivity index (χ3v) is 4.10. The number of aromatic nitrogens is 2. The number of aromatic hydroxyl groups is 1. The zero-order valence-corrected chi connectivity index (χ0v) is 13.2. The number of carbonyl (C=O) groups is 1. The average molecular weight is 326 g/mol. The molecule has 24 heavy (non-hydrogen) atoms. The van der Waals surface area contributed by atoms with Crippen LogP contribution in [0.25, 0.3) is 5.65 Å². The summed E-state index contributed by atoms with van der Waals surface area (Å²) in [4.78, 5) is 15.4. The molecule has 6 nitrogen and oxygen atoms in total. The lowest BCUT2D eigenvalue weighted by molar-refractivity contribution is 0.0688.